The Bertz CT molecular complexity index is 1020. The average Bonchev–Trinajstić information content (AvgIpc) is 3.60. The molecule has 1 fully saturated rings. The summed E-state index contributed by atoms with van der Waals surface area (Å²) in [5, 5.41) is 14.7. The number of carboxylic acids is 1. The number of hydrogen-bond acceptors (Lipinski definition) is 4. The first-order valence-corrected chi connectivity index (χ1v) is 11.5. The van der Waals surface area contributed by atoms with Crippen LogP contribution in [-0.2, 0) is 14.3 Å². The monoisotopic (exact) mass is 450 g/mol. The highest BCUT2D eigenvalue weighted by Crippen LogP contribution is 2.45. The SMILES string of the molecule is CCC(NC(=O)CC(C)(NC(=O)OCC1c2ccccc2-c2ccccc21)C1CC1)C(=O)O. The van der Waals surface area contributed by atoms with Gasteiger partial charge < -0.3 is 20.5 Å². The minimum absolute atomic E-state index is 0.00560. The molecular formula is C26H30N2O5. The van der Waals surface area contributed by atoms with E-state index in [9.17, 15) is 19.5 Å². The number of carbonyl (C=O) groups is 3. The molecule has 2 unspecified atom stereocenters. The van der Waals surface area contributed by atoms with Gasteiger partial charge in [0, 0.05) is 12.3 Å². The van der Waals surface area contributed by atoms with E-state index in [0.29, 0.717) is 6.42 Å². The maximum atomic E-state index is 12.8. The first-order chi connectivity index (χ1) is 15.8. The number of ether oxygens (including phenoxy) is 1. The fraction of sp³-hybridized carbons (Fsp3) is 0.423. The Morgan fingerprint density at radius 3 is 2.15 bits per heavy atom. The van der Waals surface area contributed by atoms with Crippen LogP contribution in [-0.4, -0.2) is 41.3 Å². The summed E-state index contributed by atoms with van der Waals surface area (Å²) >= 11 is 0. The summed E-state index contributed by atoms with van der Waals surface area (Å²) in [5.41, 5.74) is 3.80. The summed E-state index contributed by atoms with van der Waals surface area (Å²) in [6.45, 7) is 3.73. The second-order valence-electron chi connectivity index (χ2n) is 9.19. The van der Waals surface area contributed by atoms with Crippen LogP contribution < -0.4 is 10.6 Å². The molecular weight excluding hydrogens is 420 g/mol. The molecule has 0 spiro atoms. The number of aliphatic carboxylic acids is 1. The van der Waals surface area contributed by atoms with Gasteiger partial charge in [-0.3, -0.25) is 4.79 Å². The first-order valence-electron chi connectivity index (χ1n) is 11.5. The average molecular weight is 451 g/mol. The lowest BCUT2D eigenvalue weighted by molar-refractivity contribution is -0.142. The normalized spacial score (nSPS) is 17.3. The lowest BCUT2D eigenvalue weighted by Crippen LogP contribution is -2.52. The van der Waals surface area contributed by atoms with E-state index >= 15 is 0 Å². The minimum Gasteiger partial charge on any atom is -0.480 e. The quantitative estimate of drug-likeness (QED) is 0.534. The lowest BCUT2D eigenvalue weighted by atomic mass is 9.91. The number of amides is 2. The van der Waals surface area contributed by atoms with E-state index in [0.717, 1.165) is 35.1 Å². The van der Waals surface area contributed by atoms with Crippen LogP contribution in [0.15, 0.2) is 48.5 Å². The standard InChI is InChI=1S/C26H30N2O5/c1-3-22(24(30)31)27-23(29)14-26(2,16-12-13-16)28-25(32)33-15-21-19-10-6-4-8-17(19)18-9-5-7-11-20(18)21/h4-11,16,21-22H,3,12-15H2,1-2H3,(H,27,29)(H,28,32)(H,30,31). The molecule has 2 aromatic rings. The van der Waals surface area contributed by atoms with Crippen molar-refractivity contribution in [3.63, 3.8) is 0 Å². The molecule has 0 aromatic heterocycles. The van der Waals surface area contributed by atoms with Crippen molar-refractivity contribution in [2.75, 3.05) is 6.61 Å². The molecule has 0 saturated heterocycles. The van der Waals surface area contributed by atoms with Gasteiger partial charge in [-0.05, 0) is 54.4 Å². The van der Waals surface area contributed by atoms with E-state index in [-0.39, 0.29) is 24.9 Å². The third-order valence-corrected chi connectivity index (χ3v) is 6.78. The zero-order chi connectivity index (χ0) is 23.6. The van der Waals surface area contributed by atoms with Gasteiger partial charge in [0.25, 0.3) is 0 Å². The van der Waals surface area contributed by atoms with Gasteiger partial charge in [-0.25, -0.2) is 9.59 Å². The van der Waals surface area contributed by atoms with Crippen LogP contribution in [0.3, 0.4) is 0 Å². The third-order valence-electron chi connectivity index (χ3n) is 6.78. The molecule has 2 amide bonds. The Balaban J connectivity index is 1.40. The molecule has 174 valence electrons. The van der Waals surface area contributed by atoms with E-state index in [2.05, 4.69) is 34.9 Å². The van der Waals surface area contributed by atoms with E-state index in [1.807, 2.05) is 31.2 Å². The van der Waals surface area contributed by atoms with Crippen LogP contribution in [0.5, 0.6) is 0 Å². The summed E-state index contributed by atoms with van der Waals surface area (Å²) in [5.74, 6) is -1.34. The highest BCUT2D eigenvalue weighted by atomic mass is 16.5. The van der Waals surface area contributed by atoms with Crippen LogP contribution in [0.25, 0.3) is 11.1 Å². The van der Waals surface area contributed by atoms with Crippen LogP contribution in [0.2, 0.25) is 0 Å². The van der Waals surface area contributed by atoms with Gasteiger partial charge in [0.2, 0.25) is 5.91 Å². The highest BCUT2D eigenvalue weighted by Gasteiger charge is 2.45. The highest BCUT2D eigenvalue weighted by molar-refractivity contribution is 5.84. The van der Waals surface area contributed by atoms with Gasteiger partial charge in [0.15, 0.2) is 0 Å². The number of alkyl carbamates (subject to hydrolysis) is 1. The molecule has 1 saturated carbocycles. The van der Waals surface area contributed by atoms with Crippen molar-refractivity contribution in [2.24, 2.45) is 5.92 Å². The number of benzene rings is 2. The third kappa shape index (κ3) is 4.87. The molecule has 0 bridgehead atoms. The van der Waals surface area contributed by atoms with Gasteiger partial charge in [-0.1, -0.05) is 55.5 Å². The molecule has 7 nitrogen and oxygen atoms in total. The van der Waals surface area contributed by atoms with Gasteiger partial charge in [0.05, 0.1) is 5.54 Å². The van der Waals surface area contributed by atoms with Gasteiger partial charge in [-0.15, -0.1) is 0 Å². The fourth-order valence-electron chi connectivity index (χ4n) is 4.80. The van der Waals surface area contributed by atoms with E-state index in [4.69, 9.17) is 4.74 Å². The minimum atomic E-state index is -1.07. The largest absolute Gasteiger partial charge is 0.480 e. The molecule has 4 rings (SSSR count). The van der Waals surface area contributed by atoms with Crippen molar-refractivity contribution in [1.82, 2.24) is 10.6 Å². The van der Waals surface area contributed by atoms with Crippen molar-refractivity contribution >= 4 is 18.0 Å². The summed E-state index contributed by atoms with van der Waals surface area (Å²) in [6, 6.07) is 15.3. The predicted molar refractivity (Wildman–Crippen MR) is 124 cm³/mol. The van der Waals surface area contributed by atoms with Gasteiger partial charge in [-0.2, -0.15) is 0 Å². The Labute approximate surface area is 193 Å². The molecule has 3 N–H and O–H groups in total. The molecule has 2 aliphatic rings. The molecule has 33 heavy (non-hydrogen) atoms. The molecule has 2 atom stereocenters. The van der Waals surface area contributed by atoms with Crippen molar-refractivity contribution in [2.45, 2.75) is 57.0 Å². The van der Waals surface area contributed by atoms with Crippen molar-refractivity contribution in [3.05, 3.63) is 59.7 Å². The van der Waals surface area contributed by atoms with Gasteiger partial charge in [0.1, 0.15) is 12.6 Å². The molecule has 7 heteroatoms. The summed E-state index contributed by atoms with van der Waals surface area (Å²) in [7, 11) is 0. The first kappa shape index (κ1) is 22.8. The van der Waals surface area contributed by atoms with Gasteiger partial charge >= 0.3 is 12.1 Å². The summed E-state index contributed by atoms with van der Waals surface area (Å²) < 4.78 is 5.66. The van der Waals surface area contributed by atoms with E-state index < -0.39 is 29.6 Å². The maximum Gasteiger partial charge on any atom is 0.407 e. The van der Waals surface area contributed by atoms with Crippen molar-refractivity contribution < 1.29 is 24.2 Å². The Hall–Kier alpha value is -3.35. The lowest BCUT2D eigenvalue weighted by Gasteiger charge is -2.30. The summed E-state index contributed by atoms with van der Waals surface area (Å²) in [4.78, 5) is 36.5. The second-order valence-corrected chi connectivity index (χ2v) is 9.19. The molecule has 0 aliphatic heterocycles. The number of hydrogen-bond donors (Lipinski definition) is 3. The van der Waals surface area contributed by atoms with Crippen LogP contribution in [0.1, 0.15) is 56.6 Å². The Morgan fingerprint density at radius 1 is 1.06 bits per heavy atom. The molecule has 0 heterocycles. The Morgan fingerprint density at radius 2 is 1.64 bits per heavy atom. The van der Waals surface area contributed by atoms with Crippen molar-refractivity contribution in [3.8, 4) is 11.1 Å². The van der Waals surface area contributed by atoms with E-state index in [1.165, 1.54) is 0 Å². The molecule has 2 aromatic carbocycles. The zero-order valence-corrected chi connectivity index (χ0v) is 19.0. The molecule has 0 radical (unpaired) electrons. The smallest absolute Gasteiger partial charge is 0.407 e. The zero-order valence-electron chi connectivity index (χ0n) is 19.0. The topological polar surface area (TPSA) is 105 Å². The summed E-state index contributed by atoms with van der Waals surface area (Å²) in [6.07, 6.45) is 1.55. The molecule has 2 aliphatic carbocycles. The Kier molecular flexibility index (Phi) is 6.40. The van der Waals surface area contributed by atoms with Crippen molar-refractivity contribution in [1.29, 1.82) is 0 Å². The predicted octanol–water partition coefficient (Wildman–Crippen LogP) is 4.06. The number of nitrogens with one attached hydrogen (secondary N) is 2. The number of fused-ring (bicyclic) bond motifs is 3. The fourth-order valence-corrected chi connectivity index (χ4v) is 4.80. The van der Waals surface area contributed by atoms with E-state index in [1.54, 1.807) is 6.92 Å². The number of carboxylic acid groups (broad SMARTS) is 1. The number of carbonyl (C=O) groups excluding carboxylic acids is 2. The van der Waals surface area contributed by atoms with Crippen LogP contribution >= 0.6 is 0 Å². The number of rotatable bonds is 9. The maximum absolute atomic E-state index is 12.8. The van der Waals surface area contributed by atoms with Crippen LogP contribution in [0.4, 0.5) is 4.79 Å². The van der Waals surface area contributed by atoms with Crippen LogP contribution in [0, 0.1) is 5.92 Å². The second kappa shape index (κ2) is 9.25.